The molecule has 34 nitrogen and oxygen atoms in total. The molecule has 2 aliphatic carbocycles. The number of nitrogens with zero attached hydrogens (tertiary/aromatic N) is 18. The van der Waals surface area contributed by atoms with Crippen LogP contribution in [0.25, 0.3) is 33.4 Å². The Bertz CT molecular complexity index is 6160. The SMILES string of the molecule is Cn1c(=O)n(C2CCC(=O)NC2=O)c2cccc(C#CCOC3CN(CC4CCC(n5cc(NC(=O)c6cnn7ccc(N8C[C@H]9C[C@@H]8C(C(C8CCC(n%10cc(NC(=O)c%11cnn%12ccc(N%13C[C@H]%14C[C@@H]%13CO%14)nc%11%12)c(C(F)F)n%10)CC8)N8CC[C@H](OCC#Cc%10cccc%11c%10n(C)c(=O)n%11C%10CCC(=O)NC%10=O)C8)O9)nc67)c(C(F)F)n5)CC4)C3)c21. The van der Waals surface area contributed by atoms with Gasteiger partial charge in [0, 0.05) is 104 Å². The number of ether oxygens (including phenoxy) is 4. The van der Waals surface area contributed by atoms with E-state index in [1.54, 1.807) is 66.2 Å². The van der Waals surface area contributed by atoms with E-state index in [1.807, 2.05) is 18.2 Å². The van der Waals surface area contributed by atoms with Crippen molar-refractivity contribution in [2.75, 3.05) is 86.1 Å². The lowest BCUT2D eigenvalue weighted by atomic mass is 9.78. The lowest BCUT2D eigenvalue weighted by Gasteiger charge is -2.46. The topological polar surface area (TPSA) is 350 Å². The minimum absolute atomic E-state index is 0.0131. The fraction of sp³-hybridized carbons (Fsp3) is 0.506. The third kappa shape index (κ3) is 14.9. The molecule has 8 aromatic heterocycles. The highest BCUT2D eigenvalue weighted by atomic mass is 19.3. The largest absolute Gasteiger partial charge is 0.374 e. The van der Waals surface area contributed by atoms with Crippen molar-refractivity contribution >= 4 is 91.8 Å². The molecule has 9 atom stereocenters. The van der Waals surface area contributed by atoms with Crippen LogP contribution in [-0.4, -0.2) is 227 Å². The lowest BCUT2D eigenvalue weighted by molar-refractivity contribution is -0.137. The second-order valence-corrected chi connectivity index (χ2v) is 34.1. The number of fused-ring (bicyclic) bond motifs is 8. The van der Waals surface area contributed by atoms with Gasteiger partial charge in [-0.25, -0.2) is 46.1 Å². The van der Waals surface area contributed by atoms with Crippen molar-refractivity contribution in [1.82, 2.24) is 87.5 Å². The van der Waals surface area contributed by atoms with Crippen LogP contribution < -0.4 is 42.4 Å². The Kier molecular flexibility index (Phi) is 20.9. The number of aromatic nitrogens is 14. The summed E-state index contributed by atoms with van der Waals surface area (Å²) < 4.78 is 97.7. The number of carbonyl (C=O) groups is 6. The highest BCUT2D eigenvalue weighted by Crippen LogP contribution is 2.47. The number of hydrogen-bond donors (Lipinski definition) is 4. The number of para-hydroxylation sites is 2. The number of morpholine rings is 2. The molecule has 640 valence electrons. The van der Waals surface area contributed by atoms with Gasteiger partial charge in [0.2, 0.25) is 23.6 Å². The van der Waals surface area contributed by atoms with Crippen LogP contribution in [0.5, 0.6) is 0 Å². The molecule has 4 bridgehead atoms. The van der Waals surface area contributed by atoms with Gasteiger partial charge in [-0.05, 0) is 132 Å². The Labute approximate surface area is 699 Å². The summed E-state index contributed by atoms with van der Waals surface area (Å²) in [5, 5.41) is 27.8. The predicted octanol–water partition coefficient (Wildman–Crippen LogP) is 6.56. The van der Waals surface area contributed by atoms with Crippen LogP contribution in [0.15, 0.2) is 95.3 Å². The number of rotatable bonds is 21. The second kappa shape index (κ2) is 32.4. The molecule has 0 radical (unpaired) electrons. The van der Waals surface area contributed by atoms with E-state index < -0.39 is 65.6 Å². The van der Waals surface area contributed by atoms with Gasteiger partial charge < -0.3 is 39.4 Å². The highest BCUT2D eigenvalue weighted by Gasteiger charge is 2.54. The molecule has 2 aromatic carbocycles. The zero-order chi connectivity index (χ0) is 84.3. The number of likely N-dealkylation sites (tertiary alicyclic amines) is 2. The Balaban J connectivity index is 0.491. The van der Waals surface area contributed by atoms with Crippen molar-refractivity contribution in [1.29, 1.82) is 0 Å². The molecule has 4 unspecified atom stereocenters. The van der Waals surface area contributed by atoms with E-state index in [2.05, 4.69) is 84.9 Å². The Morgan fingerprint density at radius 3 is 1.63 bits per heavy atom. The van der Waals surface area contributed by atoms with Crippen molar-refractivity contribution < 1.29 is 65.3 Å². The van der Waals surface area contributed by atoms with Gasteiger partial charge in [-0.3, -0.25) is 76.8 Å². The van der Waals surface area contributed by atoms with Crippen LogP contribution in [-0.2, 0) is 52.2 Å². The number of carbonyl (C=O) groups excluding carboxylic acids is 6. The van der Waals surface area contributed by atoms with Crippen LogP contribution in [0.3, 0.4) is 0 Å². The molecule has 20 rings (SSSR count). The predicted molar refractivity (Wildman–Crippen MR) is 435 cm³/mol. The first-order valence-corrected chi connectivity index (χ1v) is 42.3. The molecule has 8 saturated heterocycles. The number of halogens is 4. The molecule has 4 N–H and O–H groups in total. The van der Waals surface area contributed by atoms with Crippen molar-refractivity contribution in [2.45, 2.75) is 182 Å². The Hall–Kier alpha value is -11.9. The molecule has 123 heavy (non-hydrogen) atoms. The summed E-state index contributed by atoms with van der Waals surface area (Å²) >= 11 is 0. The number of amides is 6. The Morgan fingerprint density at radius 2 is 1.12 bits per heavy atom. The van der Waals surface area contributed by atoms with Crippen LogP contribution in [0.4, 0.5) is 40.6 Å². The number of aryl methyl sites for hydroxylation is 2. The van der Waals surface area contributed by atoms with Crippen molar-refractivity contribution in [3.63, 3.8) is 0 Å². The van der Waals surface area contributed by atoms with Gasteiger partial charge in [0.15, 0.2) is 22.7 Å². The Morgan fingerprint density at radius 1 is 0.593 bits per heavy atom. The number of nitrogens with one attached hydrogen (secondary N) is 4. The standard InChI is InChI=1S/C85H90F4N22O12/c1-100-72-47(7-3-11-61(72)110(84(100)118)63-21-23-68(112)96-82(63)116)9-5-31-120-53-25-28-103(40-53)74(49-15-19-51(20-16-49)109-44-60(71(99-109)77(88)89)93-80(114)57-35-90-106-29-26-66(94-78(57)106)104-41-54-33-52(104)45-122-54)75-65-34-55(123-75)42-105(65)67-27-30-107-79(95-67)58(36-91-107)81(115)92-59-43-108(98-70(59)76(86)87)50-17-13-46(14-18-50)37-102-38-56(39-102)121-32-6-10-48-8-4-12-62-73(48)101(2)85(119)111(62)64-22-24-69(113)97-83(64)117/h3-4,7-8,11-12,26-27,29-30,35-36,43-44,46,49-56,63-65,74-77H,13-25,28,31-34,37-42,45H2,1-2H3,(H,92,115)(H,93,114)(H,96,112,116)(H,97,113,117)/t46?,49?,50?,51?,52-,53+,54-,55-,63?,64?,65-,74?,75?/m1/s1. The normalized spacial score (nSPS) is 25.9. The number of piperidine rings is 2. The number of anilines is 4. The van der Waals surface area contributed by atoms with E-state index in [0.717, 1.165) is 38.9 Å². The highest BCUT2D eigenvalue weighted by molar-refractivity contribution is 6.09. The summed E-state index contributed by atoms with van der Waals surface area (Å²) in [6.07, 6.45) is 10.9. The zero-order valence-corrected chi connectivity index (χ0v) is 67.5. The van der Waals surface area contributed by atoms with E-state index in [0.29, 0.717) is 135 Å². The van der Waals surface area contributed by atoms with E-state index >= 15 is 17.6 Å². The number of benzene rings is 2. The first-order valence-electron chi connectivity index (χ1n) is 42.3. The molecule has 6 amide bonds. The number of imide groups is 2. The van der Waals surface area contributed by atoms with Gasteiger partial charge >= 0.3 is 11.4 Å². The number of alkyl halides is 4. The van der Waals surface area contributed by atoms with E-state index in [1.165, 1.54) is 52.1 Å². The van der Waals surface area contributed by atoms with Crippen molar-refractivity contribution in [3.05, 3.63) is 140 Å². The molecule has 16 heterocycles. The first-order chi connectivity index (χ1) is 59.7. The zero-order valence-electron chi connectivity index (χ0n) is 67.5. The van der Waals surface area contributed by atoms with Crippen LogP contribution in [0, 0.1) is 35.5 Å². The van der Waals surface area contributed by atoms with Crippen LogP contribution in [0.2, 0.25) is 0 Å². The maximum Gasteiger partial charge on any atom is 0.329 e. The van der Waals surface area contributed by atoms with Gasteiger partial charge in [0.25, 0.3) is 24.7 Å². The summed E-state index contributed by atoms with van der Waals surface area (Å²) in [4.78, 5) is 124. The third-order valence-electron chi connectivity index (χ3n) is 26.8. The van der Waals surface area contributed by atoms with E-state index in [4.69, 9.17) is 28.9 Å². The summed E-state index contributed by atoms with van der Waals surface area (Å²) in [6.45, 7) is 5.49. The molecule has 10 aliphatic rings. The first kappa shape index (κ1) is 79.5. The average molecular weight is 1690 g/mol. The lowest BCUT2D eigenvalue weighted by Crippen LogP contribution is -2.57. The molecular formula is C85H90F4N22O12. The minimum Gasteiger partial charge on any atom is -0.374 e. The molecule has 8 aliphatic heterocycles. The fourth-order valence-corrected chi connectivity index (χ4v) is 20.7. The molecule has 2 saturated carbocycles. The number of imidazole rings is 2. The maximum atomic E-state index is 15.1. The second-order valence-electron chi connectivity index (χ2n) is 34.1. The number of hydrogen-bond acceptors (Lipinski definition) is 22. The average Bonchev–Trinajstić information content (AvgIpc) is 1.61. The van der Waals surface area contributed by atoms with Crippen molar-refractivity contribution in [3.8, 4) is 23.7 Å². The quantitative estimate of drug-likeness (QED) is 0.0336. The maximum absolute atomic E-state index is 15.1. The van der Waals surface area contributed by atoms with Gasteiger partial charge in [-0.2, -0.15) is 20.4 Å². The molecule has 10 fully saturated rings. The molecular weight excluding hydrogens is 1600 g/mol. The monoisotopic (exact) mass is 1690 g/mol. The van der Waals surface area contributed by atoms with E-state index in [9.17, 15) is 38.4 Å². The van der Waals surface area contributed by atoms with Gasteiger partial charge in [-0.1, -0.05) is 35.8 Å². The molecule has 38 heteroatoms. The van der Waals surface area contributed by atoms with Gasteiger partial charge in [-0.15, -0.1) is 0 Å². The molecule has 10 aromatic rings. The van der Waals surface area contributed by atoms with Crippen LogP contribution in [0.1, 0.15) is 177 Å². The molecule has 0 spiro atoms. The van der Waals surface area contributed by atoms with Crippen LogP contribution >= 0.6 is 0 Å². The van der Waals surface area contributed by atoms with Gasteiger partial charge in [0.05, 0.1) is 118 Å². The van der Waals surface area contributed by atoms with Crippen molar-refractivity contribution in [2.24, 2.45) is 25.9 Å². The summed E-state index contributed by atoms with van der Waals surface area (Å²) in [5.74, 6) is 11.2. The third-order valence-corrected chi connectivity index (χ3v) is 26.8. The van der Waals surface area contributed by atoms with Gasteiger partial charge in [0.1, 0.15) is 48.1 Å². The minimum atomic E-state index is -3.01. The summed E-state index contributed by atoms with van der Waals surface area (Å²) in [6, 6.07) is 12.0. The summed E-state index contributed by atoms with van der Waals surface area (Å²) in [7, 11) is 3.26. The smallest absolute Gasteiger partial charge is 0.329 e. The van der Waals surface area contributed by atoms with E-state index in [-0.39, 0.29) is 157 Å². The summed E-state index contributed by atoms with van der Waals surface area (Å²) in [5.41, 5.74) is 1.98. The fourth-order valence-electron chi connectivity index (χ4n) is 20.7.